The fourth-order valence-electron chi connectivity index (χ4n) is 4.24. The fraction of sp³-hybridized carbons (Fsp3) is 0.882. The molecule has 2 atom stereocenters. The van der Waals surface area contributed by atoms with Crippen LogP contribution in [0.2, 0.25) is 0 Å². The predicted octanol–water partition coefficient (Wildman–Crippen LogP) is 1.19. The molecule has 2 saturated heterocycles. The average molecular weight is 307 g/mol. The van der Waals surface area contributed by atoms with Gasteiger partial charge in [0.1, 0.15) is 6.42 Å². The van der Waals surface area contributed by atoms with Crippen molar-refractivity contribution in [2.45, 2.75) is 38.5 Å². The lowest BCUT2D eigenvalue weighted by atomic mass is 9.75. The Hall–Kier alpha value is -1.10. The summed E-state index contributed by atoms with van der Waals surface area (Å²) in [7, 11) is 2.07. The molecule has 2 amide bonds. The summed E-state index contributed by atoms with van der Waals surface area (Å²) in [6.07, 6.45) is 6.48. The Kier molecular flexibility index (Phi) is 5.01. The molecule has 3 rings (SSSR count). The van der Waals surface area contributed by atoms with Gasteiger partial charge >= 0.3 is 0 Å². The second-order valence-corrected chi connectivity index (χ2v) is 7.29. The predicted molar refractivity (Wildman–Crippen MR) is 85.3 cm³/mol. The number of amides is 2. The molecule has 5 heteroatoms. The van der Waals surface area contributed by atoms with Crippen LogP contribution in [0.1, 0.15) is 38.5 Å². The van der Waals surface area contributed by atoms with Crippen LogP contribution in [0.15, 0.2) is 0 Å². The van der Waals surface area contributed by atoms with Gasteiger partial charge in [0.15, 0.2) is 0 Å². The van der Waals surface area contributed by atoms with Gasteiger partial charge in [0, 0.05) is 39.3 Å². The molecule has 2 unspecified atom stereocenters. The van der Waals surface area contributed by atoms with E-state index in [1.807, 2.05) is 9.80 Å². The van der Waals surface area contributed by atoms with Crippen LogP contribution in [0.4, 0.5) is 0 Å². The lowest BCUT2D eigenvalue weighted by molar-refractivity contribution is -0.143. The number of carbonyl (C=O) groups is 2. The lowest BCUT2D eigenvalue weighted by Crippen LogP contribution is -2.49. The zero-order valence-corrected chi connectivity index (χ0v) is 13.8. The maximum absolute atomic E-state index is 12.5. The minimum Gasteiger partial charge on any atom is -0.342 e. The van der Waals surface area contributed by atoms with Crippen molar-refractivity contribution in [2.24, 2.45) is 11.8 Å². The number of piperazine rings is 1. The summed E-state index contributed by atoms with van der Waals surface area (Å²) < 4.78 is 0. The van der Waals surface area contributed by atoms with Crippen molar-refractivity contribution in [1.29, 1.82) is 0 Å². The molecule has 2 aliphatic heterocycles. The molecule has 1 saturated carbocycles. The van der Waals surface area contributed by atoms with E-state index in [0.29, 0.717) is 5.92 Å². The molecule has 5 nitrogen and oxygen atoms in total. The number of hydrogen-bond acceptors (Lipinski definition) is 3. The van der Waals surface area contributed by atoms with Crippen molar-refractivity contribution in [2.75, 3.05) is 46.3 Å². The molecule has 22 heavy (non-hydrogen) atoms. The van der Waals surface area contributed by atoms with Gasteiger partial charge in [0.2, 0.25) is 11.8 Å². The van der Waals surface area contributed by atoms with E-state index in [2.05, 4.69) is 11.9 Å². The first-order valence-electron chi connectivity index (χ1n) is 8.87. The number of likely N-dealkylation sites (N-methyl/N-ethyl adjacent to an activating group) is 1. The Balaban J connectivity index is 1.48. The van der Waals surface area contributed by atoms with Crippen LogP contribution < -0.4 is 0 Å². The van der Waals surface area contributed by atoms with Crippen LogP contribution in [0, 0.1) is 11.8 Å². The van der Waals surface area contributed by atoms with Gasteiger partial charge in [-0.25, -0.2) is 0 Å². The number of fused-ring (bicyclic) bond motifs is 1. The van der Waals surface area contributed by atoms with Crippen molar-refractivity contribution < 1.29 is 9.59 Å². The summed E-state index contributed by atoms with van der Waals surface area (Å²) in [5.74, 6) is 1.58. The van der Waals surface area contributed by atoms with Crippen LogP contribution in [-0.4, -0.2) is 72.8 Å². The van der Waals surface area contributed by atoms with E-state index in [-0.39, 0.29) is 18.2 Å². The quantitative estimate of drug-likeness (QED) is 0.720. The topological polar surface area (TPSA) is 43.9 Å². The van der Waals surface area contributed by atoms with E-state index in [1.165, 1.54) is 25.7 Å². The number of likely N-dealkylation sites (tertiary alicyclic amines) is 1. The van der Waals surface area contributed by atoms with Crippen LogP contribution in [0.3, 0.4) is 0 Å². The third-order valence-electron chi connectivity index (χ3n) is 5.80. The summed E-state index contributed by atoms with van der Waals surface area (Å²) in [6, 6.07) is 0. The monoisotopic (exact) mass is 307 g/mol. The number of nitrogens with zero attached hydrogens (tertiary/aromatic N) is 3. The second-order valence-electron chi connectivity index (χ2n) is 7.29. The highest BCUT2D eigenvalue weighted by Crippen LogP contribution is 2.36. The summed E-state index contributed by atoms with van der Waals surface area (Å²) in [6.45, 7) is 5.08. The lowest BCUT2D eigenvalue weighted by Gasteiger charge is -2.41. The zero-order valence-electron chi connectivity index (χ0n) is 13.8. The molecular weight excluding hydrogens is 278 g/mol. The Morgan fingerprint density at radius 2 is 1.45 bits per heavy atom. The largest absolute Gasteiger partial charge is 0.342 e. The van der Waals surface area contributed by atoms with Crippen molar-refractivity contribution in [3.05, 3.63) is 0 Å². The van der Waals surface area contributed by atoms with E-state index in [0.717, 1.165) is 51.6 Å². The zero-order chi connectivity index (χ0) is 15.5. The first-order valence-corrected chi connectivity index (χ1v) is 8.87. The van der Waals surface area contributed by atoms with E-state index in [1.54, 1.807) is 0 Å². The fourth-order valence-corrected chi connectivity index (χ4v) is 4.24. The van der Waals surface area contributed by atoms with Gasteiger partial charge in [-0.05, 0) is 31.7 Å². The molecule has 1 aliphatic carbocycles. The molecule has 124 valence electrons. The molecule has 2 heterocycles. The van der Waals surface area contributed by atoms with E-state index < -0.39 is 0 Å². The van der Waals surface area contributed by atoms with Gasteiger partial charge in [-0.2, -0.15) is 0 Å². The SMILES string of the molecule is CN1CCN(C(=O)CC(=O)N2CCC3CCCCC3C2)CC1. The maximum Gasteiger partial charge on any atom is 0.232 e. The van der Waals surface area contributed by atoms with Gasteiger partial charge in [0.05, 0.1) is 0 Å². The molecule has 0 radical (unpaired) electrons. The van der Waals surface area contributed by atoms with Gasteiger partial charge in [-0.3, -0.25) is 9.59 Å². The molecule has 0 aromatic rings. The molecule has 0 bridgehead atoms. The smallest absolute Gasteiger partial charge is 0.232 e. The van der Waals surface area contributed by atoms with Crippen LogP contribution in [0.25, 0.3) is 0 Å². The first kappa shape index (κ1) is 15.8. The van der Waals surface area contributed by atoms with Crippen LogP contribution in [0.5, 0.6) is 0 Å². The standard InChI is InChI=1S/C17H29N3O2/c1-18-8-10-19(11-9-18)16(21)12-17(22)20-7-6-14-4-2-3-5-15(14)13-20/h14-15H,2-13H2,1H3. The van der Waals surface area contributed by atoms with Crippen LogP contribution in [-0.2, 0) is 9.59 Å². The van der Waals surface area contributed by atoms with E-state index in [9.17, 15) is 9.59 Å². The van der Waals surface area contributed by atoms with Crippen molar-refractivity contribution in [3.63, 3.8) is 0 Å². The molecule has 0 aromatic carbocycles. The van der Waals surface area contributed by atoms with Gasteiger partial charge in [-0.1, -0.05) is 19.3 Å². The van der Waals surface area contributed by atoms with Crippen LogP contribution >= 0.6 is 0 Å². The Morgan fingerprint density at radius 3 is 2.18 bits per heavy atom. The molecule has 0 spiro atoms. The number of hydrogen-bond donors (Lipinski definition) is 0. The molecule has 0 aromatic heterocycles. The third kappa shape index (κ3) is 3.62. The molecular formula is C17H29N3O2. The average Bonchev–Trinajstić information content (AvgIpc) is 2.55. The summed E-state index contributed by atoms with van der Waals surface area (Å²) in [4.78, 5) is 30.8. The van der Waals surface area contributed by atoms with Crippen molar-refractivity contribution in [1.82, 2.24) is 14.7 Å². The van der Waals surface area contributed by atoms with Crippen molar-refractivity contribution in [3.8, 4) is 0 Å². The third-order valence-corrected chi connectivity index (χ3v) is 5.80. The molecule has 0 N–H and O–H groups in total. The van der Waals surface area contributed by atoms with Crippen molar-refractivity contribution >= 4 is 11.8 Å². The highest BCUT2D eigenvalue weighted by Gasteiger charge is 2.33. The molecule has 3 aliphatic rings. The normalized spacial score (nSPS) is 30.0. The Labute approximate surface area is 133 Å². The minimum atomic E-state index is 0.0175. The highest BCUT2D eigenvalue weighted by atomic mass is 16.2. The maximum atomic E-state index is 12.5. The van der Waals surface area contributed by atoms with E-state index in [4.69, 9.17) is 0 Å². The highest BCUT2D eigenvalue weighted by molar-refractivity contribution is 5.97. The second kappa shape index (κ2) is 6.99. The number of rotatable bonds is 2. The summed E-state index contributed by atoms with van der Waals surface area (Å²) in [5.41, 5.74) is 0. The van der Waals surface area contributed by atoms with Gasteiger partial charge in [-0.15, -0.1) is 0 Å². The Bertz CT molecular complexity index is 418. The van der Waals surface area contributed by atoms with Gasteiger partial charge < -0.3 is 14.7 Å². The number of piperidine rings is 1. The summed E-state index contributed by atoms with van der Waals surface area (Å²) >= 11 is 0. The van der Waals surface area contributed by atoms with Gasteiger partial charge in [0.25, 0.3) is 0 Å². The van der Waals surface area contributed by atoms with E-state index >= 15 is 0 Å². The minimum absolute atomic E-state index is 0.0175. The molecule has 3 fully saturated rings. The first-order chi connectivity index (χ1) is 10.6. The Morgan fingerprint density at radius 1 is 0.818 bits per heavy atom. The number of carbonyl (C=O) groups excluding carboxylic acids is 2. The summed E-state index contributed by atoms with van der Waals surface area (Å²) in [5, 5.41) is 0.